The van der Waals surface area contributed by atoms with E-state index in [1.807, 2.05) is 37.3 Å². The lowest BCUT2D eigenvalue weighted by Crippen LogP contribution is -2.43. The molecule has 2 aromatic rings. The molecule has 6 heteroatoms. The first kappa shape index (κ1) is 22.9. The molecule has 1 aliphatic rings. The lowest BCUT2D eigenvalue weighted by atomic mass is 9.96. The lowest BCUT2D eigenvalue weighted by molar-refractivity contribution is -0.121. The highest BCUT2D eigenvalue weighted by molar-refractivity contribution is 5.96. The number of benzene rings is 1. The molecule has 0 aliphatic carbocycles. The van der Waals surface area contributed by atoms with Gasteiger partial charge < -0.3 is 10.2 Å². The van der Waals surface area contributed by atoms with E-state index in [0.717, 1.165) is 31.5 Å². The zero-order valence-corrected chi connectivity index (χ0v) is 19.1. The molecule has 0 radical (unpaired) electrons. The van der Waals surface area contributed by atoms with E-state index in [1.165, 1.54) is 5.56 Å². The van der Waals surface area contributed by atoms with Crippen molar-refractivity contribution in [1.82, 2.24) is 14.8 Å². The number of aromatic nitrogens is 1. The van der Waals surface area contributed by atoms with Gasteiger partial charge >= 0.3 is 0 Å². The number of hydrogen-bond acceptors (Lipinski definition) is 4. The minimum absolute atomic E-state index is 0.00582. The van der Waals surface area contributed by atoms with Crippen LogP contribution in [0.3, 0.4) is 0 Å². The third-order valence-corrected chi connectivity index (χ3v) is 5.97. The normalized spacial score (nSPS) is 16.6. The lowest BCUT2D eigenvalue weighted by Gasteiger charge is -2.32. The van der Waals surface area contributed by atoms with E-state index in [1.54, 1.807) is 17.2 Å². The van der Waals surface area contributed by atoms with Crippen LogP contribution in [0, 0.1) is 12.8 Å². The maximum Gasteiger partial charge on any atom is 0.253 e. The summed E-state index contributed by atoms with van der Waals surface area (Å²) < 4.78 is 0. The van der Waals surface area contributed by atoms with Crippen molar-refractivity contribution in [2.45, 2.75) is 53.1 Å². The molecule has 1 aliphatic heterocycles. The van der Waals surface area contributed by atoms with Crippen LogP contribution >= 0.6 is 0 Å². The molecule has 0 bridgehead atoms. The number of nitrogens with zero attached hydrogens (tertiary/aromatic N) is 3. The van der Waals surface area contributed by atoms with Gasteiger partial charge in [0.1, 0.15) is 5.82 Å². The van der Waals surface area contributed by atoms with Gasteiger partial charge in [-0.2, -0.15) is 0 Å². The number of nitrogens with one attached hydrogen (secondary N) is 1. The summed E-state index contributed by atoms with van der Waals surface area (Å²) in [7, 11) is 0. The van der Waals surface area contributed by atoms with Crippen LogP contribution in [-0.2, 0) is 11.3 Å². The van der Waals surface area contributed by atoms with Crippen LogP contribution in [0.1, 0.15) is 55.1 Å². The number of rotatable bonds is 7. The monoisotopic (exact) mass is 422 g/mol. The zero-order valence-electron chi connectivity index (χ0n) is 19.1. The molecule has 31 heavy (non-hydrogen) atoms. The van der Waals surface area contributed by atoms with Gasteiger partial charge in [-0.1, -0.05) is 25.1 Å². The van der Waals surface area contributed by atoms with Gasteiger partial charge in [0, 0.05) is 37.4 Å². The van der Waals surface area contributed by atoms with Gasteiger partial charge in [0.25, 0.3) is 5.91 Å². The number of carbonyl (C=O) groups excluding carboxylic acids is 2. The number of amides is 2. The first-order chi connectivity index (χ1) is 14.9. The minimum atomic E-state index is -0.218. The summed E-state index contributed by atoms with van der Waals surface area (Å²) in [6.45, 7) is 11.5. The second-order valence-corrected chi connectivity index (χ2v) is 8.65. The molecule has 1 N–H and O–H groups in total. The van der Waals surface area contributed by atoms with Crippen molar-refractivity contribution in [3.63, 3.8) is 0 Å². The predicted octanol–water partition coefficient (Wildman–Crippen LogP) is 4.11. The molecular weight excluding hydrogens is 388 g/mol. The van der Waals surface area contributed by atoms with E-state index in [2.05, 4.69) is 36.0 Å². The van der Waals surface area contributed by atoms with Gasteiger partial charge in [-0.05, 0) is 69.5 Å². The average molecular weight is 423 g/mol. The standard InChI is InChI=1S/C25H34N4O2/c1-5-28(18(2)3)16-20-9-11-21(12-10-20)25(31)29-14-6-7-22(17-29)24(30)27-23-13-8-19(4)15-26-23/h8-13,15,18,22H,5-7,14,16-17H2,1-4H3,(H,26,27,30). The number of carbonyl (C=O) groups is 2. The van der Waals surface area contributed by atoms with Crippen molar-refractivity contribution in [2.24, 2.45) is 5.92 Å². The molecule has 3 rings (SSSR count). The maximum absolute atomic E-state index is 13.0. The Labute approximate surface area is 185 Å². The molecule has 1 saturated heterocycles. The fraction of sp³-hybridized carbons (Fsp3) is 0.480. The number of anilines is 1. The van der Waals surface area contributed by atoms with Gasteiger partial charge in [-0.15, -0.1) is 0 Å². The Balaban J connectivity index is 1.59. The van der Waals surface area contributed by atoms with Crippen molar-refractivity contribution in [1.29, 1.82) is 0 Å². The van der Waals surface area contributed by atoms with Gasteiger partial charge in [0.15, 0.2) is 0 Å². The van der Waals surface area contributed by atoms with Crippen molar-refractivity contribution >= 4 is 17.6 Å². The largest absolute Gasteiger partial charge is 0.338 e. The van der Waals surface area contributed by atoms with Gasteiger partial charge in [-0.25, -0.2) is 4.98 Å². The Morgan fingerprint density at radius 1 is 1.19 bits per heavy atom. The molecule has 1 fully saturated rings. The Morgan fingerprint density at radius 2 is 1.94 bits per heavy atom. The Bertz CT molecular complexity index is 877. The van der Waals surface area contributed by atoms with Crippen molar-refractivity contribution < 1.29 is 9.59 Å². The fourth-order valence-electron chi connectivity index (χ4n) is 3.97. The first-order valence-electron chi connectivity index (χ1n) is 11.2. The molecule has 2 heterocycles. The summed E-state index contributed by atoms with van der Waals surface area (Å²) in [5.74, 6) is 0.257. The highest BCUT2D eigenvalue weighted by atomic mass is 16.2. The quantitative estimate of drug-likeness (QED) is 0.729. The van der Waals surface area contributed by atoms with Crippen LogP contribution in [0.2, 0.25) is 0 Å². The fourth-order valence-corrected chi connectivity index (χ4v) is 3.97. The molecule has 0 saturated carbocycles. The molecular formula is C25H34N4O2. The molecule has 1 aromatic heterocycles. The highest BCUT2D eigenvalue weighted by Crippen LogP contribution is 2.21. The van der Waals surface area contributed by atoms with Crippen LogP contribution in [0.25, 0.3) is 0 Å². The minimum Gasteiger partial charge on any atom is -0.338 e. The number of likely N-dealkylation sites (tertiary alicyclic amines) is 1. The van der Waals surface area contributed by atoms with E-state index in [9.17, 15) is 9.59 Å². The van der Waals surface area contributed by atoms with Gasteiger partial charge in [0.2, 0.25) is 5.91 Å². The van der Waals surface area contributed by atoms with E-state index < -0.39 is 0 Å². The topological polar surface area (TPSA) is 65.5 Å². The van der Waals surface area contributed by atoms with Crippen LogP contribution in [0.5, 0.6) is 0 Å². The molecule has 0 spiro atoms. The summed E-state index contributed by atoms with van der Waals surface area (Å²) in [5.41, 5.74) is 2.93. The summed E-state index contributed by atoms with van der Waals surface area (Å²) in [4.78, 5) is 34.2. The Kier molecular flexibility index (Phi) is 7.80. The highest BCUT2D eigenvalue weighted by Gasteiger charge is 2.29. The second kappa shape index (κ2) is 10.5. The number of piperidine rings is 1. The molecule has 6 nitrogen and oxygen atoms in total. The van der Waals surface area contributed by atoms with Gasteiger partial charge in [-0.3, -0.25) is 14.5 Å². The Hall–Kier alpha value is -2.73. The van der Waals surface area contributed by atoms with E-state index in [4.69, 9.17) is 0 Å². The van der Waals surface area contributed by atoms with E-state index in [-0.39, 0.29) is 17.7 Å². The van der Waals surface area contributed by atoms with E-state index >= 15 is 0 Å². The molecule has 1 unspecified atom stereocenters. The van der Waals surface area contributed by atoms with Crippen LogP contribution < -0.4 is 5.32 Å². The van der Waals surface area contributed by atoms with Gasteiger partial charge in [0.05, 0.1) is 5.92 Å². The van der Waals surface area contributed by atoms with E-state index in [0.29, 0.717) is 30.5 Å². The maximum atomic E-state index is 13.0. The smallest absolute Gasteiger partial charge is 0.253 e. The average Bonchev–Trinajstić information content (AvgIpc) is 2.78. The third kappa shape index (κ3) is 6.14. The first-order valence-corrected chi connectivity index (χ1v) is 11.2. The number of aryl methyl sites for hydroxylation is 1. The van der Waals surface area contributed by atoms with Crippen molar-refractivity contribution in [2.75, 3.05) is 25.0 Å². The van der Waals surface area contributed by atoms with Crippen molar-refractivity contribution in [3.8, 4) is 0 Å². The summed E-state index contributed by atoms with van der Waals surface area (Å²) >= 11 is 0. The second-order valence-electron chi connectivity index (χ2n) is 8.65. The molecule has 1 atom stereocenters. The number of hydrogen-bond donors (Lipinski definition) is 1. The van der Waals surface area contributed by atoms with Crippen LogP contribution in [-0.4, -0.2) is 52.3 Å². The number of pyridine rings is 1. The predicted molar refractivity (Wildman–Crippen MR) is 124 cm³/mol. The Morgan fingerprint density at radius 3 is 2.55 bits per heavy atom. The summed E-state index contributed by atoms with van der Waals surface area (Å²) in [6, 6.07) is 12.1. The summed E-state index contributed by atoms with van der Waals surface area (Å²) in [6.07, 6.45) is 3.34. The van der Waals surface area contributed by atoms with Crippen molar-refractivity contribution in [3.05, 3.63) is 59.3 Å². The van der Waals surface area contributed by atoms with Crippen LogP contribution in [0.4, 0.5) is 5.82 Å². The molecule has 2 amide bonds. The third-order valence-electron chi connectivity index (χ3n) is 5.97. The molecule has 1 aromatic carbocycles. The SMILES string of the molecule is CCN(Cc1ccc(C(=O)N2CCCC(C(=O)Nc3ccc(C)cn3)C2)cc1)C(C)C. The molecule has 166 valence electrons. The van der Waals surface area contributed by atoms with Crippen LogP contribution in [0.15, 0.2) is 42.6 Å². The summed E-state index contributed by atoms with van der Waals surface area (Å²) in [5, 5.41) is 2.89. The zero-order chi connectivity index (χ0) is 22.4.